The largest absolute Gasteiger partial charge is 0.493 e. The summed E-state index contributed by atoms with van der Waals surface area (Å²) in [6.45, 7) is 1.07. The molecule has 0 spiro atoms. The van der Waals surface area contributed by atoms with Gasteiger partial charge in [0.1, 0.15) is 5.78 Å². The van der Waals surface area contributed by atoms with Gasteiger partial charge in [-0.2, -0.15) is 0 Å². The van der Waals surface area contributed by atoms with Gasteiger partial charge in [0.05, 0.1) is 14.2 Å². The van der Waals surface area contributed by atoms with E-state index in [1.807, 2.05) is 6.07 Å². The van der Waals surface area contributed by atoms with Gasteiger partial charge in [-0.1, -0.05) is 6.07 Å². The van der Waals surface area contributed by atoms with E-state index in [-0.39, 0.29) is 11.3 Å². The highest BCUT2D eigenvalue weighted by atomic mass is 16.5. The van der Waals surface area contributed by atoms with Crippen molar-refractivity contribution >= 4 is 5.78 Å². The van der Waals surface area contributed by atoms with Crippen LogP contribution in [-0.2, 0) is 10.2 Å². The molecule has 23 heavy (non-hydrogen) atoms. The summed E-state index contributed by atoms with van der Waals surface area (Å²) in [7, 11) is 5.54. The molecule has 0 aromatic heterocycles. The first-order valence-corrected chi connectivity index (χ1v) is 8.57. The molecule has 2 bridgehead atoms. The molecule has 4 aliphatic rings. The van der Waals surface area contributed by atoms with Gasteiger partial charge in [0, 0.05) is 23.8 Å². The number of hydrogen-bond acceptors (Lipinski definition) is 4. The number of carbonyl (C=O) groups is 1. The van der Waals surface area contributed by atoms with Gasteiger partial charge in [-0.3, -0.25) is 4.79 Å². The maximum atomic E-state index is 12.5. The maximum Gasteiger partial charge on any atom is 0.161 e. The molecule has 4 fully saturated rings. The van der Waals surface area contributed by atoms with E-state index in [0.717, 1.165) is 37.3 Å². The topological polar surface area (TPSA) is 38.8 Å². The lowest BCUT2D eigenvalue weighted by atomic mass is 9.50. The number of nitrogens with zero attached hydrogens (tertiary/aromatic N) is 1. The first kappa shape index (κ1) is 15.0. The van der Waals surface area contributed by atoms with E-state index in [1.165, 1.54) is 12.0 Å². The van der Waals surface area contributed by atoms with Gasteiger partial charge in [-0.05, 0) is 56.5 Å². The van der Waals surface area contributed by atoms with Crippen molar-refractivity contribution in [2.75, 3.05) is 27.8 Å². The Morgan fingerprint density at radius 1 is 1.17 bits per heavy atom. The van der Waals surface area contributed by atoms with Crippen molar-refractivity contribution in [3.63, 3.8) is 0 Å². The van der Waals surface area contributed by atoms with Crippen LogP contribution >= 0.6 is 0 Å². The quantitative estimate of drug-likeness (QED) is 0.859. The van der Waals surface area contributed by atoms with Crippen LogP contribution in [0.3, 0.4) is 0 Å². The number of likely N-dealkylation sites (N-methyl/N-ethyl adjacent to an activating group) is 1. The molecule has 4 nitrogen and oxygen atoms in total. The molecular weight excluding hydrogens is 290 g/mol. The third-order valence-corrected chi connectivity index (χ3v) is 6.60. The Bertz CT molecular complexity index is 644. The SMILES string of the molecule is COc1ccc([C@]23CCN(C)[C@H]2C2CCC3CC2=O)cc1OC. The number of rotatable bonds is 3. The molecule has 3 saturated carbocycles. The summed E-state index contributed by atoms with van der Waals surface area (Å²) in [4.78, 5) is 14.9. The number of methoxy groups -OCH3 is 2. The fourth-order valence-corrected chi connectivity index (χ4v) is 5.64. The molecule has 1 heterocycles. The number of hydrogen-bond donors (Lipinski definition) is 0. The van der Waals surface area contributed by atoms with Crippen molar-refractivity contribution in [2.24, 2.45) is 11.8 Å². The summed E-state index contributed by atoms with van der Waals surface area (Å²) >= 11 is 0. The highest BCUT2D eigenvalue weighted by Crippen LogP contribution is 2.59. The van der Waals surface area contributed by atoms with Crippen LogP contribution in [0, 0.1) is 11.8 Å². The lowest BCUT2D eigenvalue weighted by Crippen LogP contribution is -2.60. The summed E-state index contributed by atoms with van der Waals surface area (Å²) in [5.74, 6) is 2.72. The van der Waals surface area contributed by atoms with Crippen LogP contribution in [0.5, 0.6) is 11.5 Å². The number of fused-ring (bicyclic) bond motifs is 2. The monoisotopic (exact) mass is 315 g/mol. The smallest absolute Gasteiger partial charge is 0.161 e. The van der Waals surface area contributed by atoms with Crippen molar-refractivity contribution in [3.05, 3.63) is 23.8 Å². The molecule has 0 amide bonds. The fourth-order valence-electron chi connectivity index (χ4n) is 5.64. The van der Waals surface area contributed by atoms with E-state index in [2.05, 4.69) is 24.1 Å². The Morgan fingerprint density at radius 2 is 1.96 bits per heavy atom. The lowest BCUT2D eigenvalue weighted by molar-refractivity contribution is -0.136. The van der Waals surface area contributed by atoms with Gasteiger partial charge in [-0.25, -0.2) is 0 Å². The minimum absolute atomic E-state index is 0.102. The molecule has 1 saturated heterocycles. The first-order chi connectivity index (χ1) is 11.1. The highest BCUT2D eigenvalue weighted by molar-refractivity contribution is 5.85. The standard InChI is InChI=1S/C19H25NO3/c1-20-9-8-19(12-4-6-14(18(19)20)15(21)10-12)13-5-7-16(22-2)17(11-13)23-3/h5,7,11-12,14,18H,4,6,8-10H2,1-3H3/t12?,14?,18-,19+/m0/s1. The molecule has 1 aromatic carbocycles. The predicted molar refractivity (Wildman–Crippen MR) is 88.1 cm³/mol. The Morgan fingerprint density at radius 3 is 2.65 bits per heavy atom. The van der Waals surface area contributed by atoms with E-state index in [4.69, 9.17) is 9.47 Å². The second kappa shape index (κ2) is 5.23. The van der Waals surface area contributed by atoms with Crippen molar-refractivity contribution < 1.29 is 14.3 Å². The predicted octanol–water partition coefficient (Wildman–Crippen LogP) is 2.64. The van der Waals surface area contributed by atoms with E-state index >= 15 is 0 Å². The molecule has 1 aliphatic heterocycles. The van der Waals surface area contributed by atoms with Crippen LogP contribution in [-0.4, -0.2) is 44.5 Å². The highest BCUT2D eigenvalue weighted by Gasteiger charge is 2.62. The lowest BCUT2D eigenvalue weighted by Gasteiger charge is -2.55. The summed E-state index contributed by atoms with van der Waals surface area (Å²) in [5, 5.41) is 0. The van der Waals surface area contributed by atoms with Crippen LogP contribution in [0.1, 0.15) is 31.2 Å². The molecule has 3 aliphatic carbocycles. The molecule has 124 valence electrons. The average molecular weight is 315 g/mol. The Hall–Kier alpha value is -1.55. The van der Waals surface area contributed by atoms with Crippen LogP contribution < -0.4 is 9.47 Å². The number of benzene rings is 1. The zero-order valence-electron chi connectivity index (χ0n) is 14.2. The molecule has 1 aromatic rings. The summed E-state index contributed by atoms with van der Waals surface area (Å²) in [5.41, 5.74) is 1.43. The maximum absolute atomic E-state index is 12.5. The van der Waals surface area contributed by atoms with Crippen molar-refractivity contribution in [2.45, 2.75) is 37.1 Å². The molecule has 2 unspecified atom stereocenters. The second-order valence-electron chi connectivity index (χ2n) is 7.34. The minimum Gasteiger partial charge on any atom is -0.493 e. The van der Waals surface area contributed by atoms with Crippen molar-refractivity contribution in [1.82, 2.24) is 4.90 Å². The molecule has 0 radical (unpaired) electrons. The number of ketones is 1. The normalized spacial score (nSPS) is 36.1. The van der Waals surface area contributed by atoms with E-state index in [1.54, 1.807) is 14.2 Å². The van der Waals surface area contributed by atoms with Gasteiger partial charge in [-0.15, -0.1) is 0 Å². The van der Waals surface area contributed by atoms with E-state index in [9.17, 15) is 4.79 Å². The van der Waals surface area contributed by atoms with E-state index in [0.29, 0.717) is 17.7 Å². The van der Waals surface area contributed by atoms with Crippen LogP contribution in [0.2, 0.25) is 0 Å². The van der Waals surface area contributed by atoms with Crippen LogP contribution in [0.15, 0.2) is 18.2 Å². The Labute approximate surface area is 137 Å². The first-order valence-electron chi connectivity index (χ1n) is 8.57. The zero-order valence-corrected chi connectivity index (χ0v) is 14.2. The van der Waals surface area contributed by atoms with Gasteiger partial charge >= 0.3 is 0 Å². The van der Waals surface area contributed by atoms with Crippen LogP contribution in [0.4, 0.5) is 0 Å². The number of carbonyl (C=O) groups excluding carboxylic acids is 1. The molecule has 0 N–H and O–H groups in total. The Kier molecular flexibility index (Phi) is 3.41. The van der Waals surface area contributed by atoms with Gasteiger partial charge in [0.25, 0.3) is 0 Å². The molecule has 4 heteroatoms. The Balaban J connectivity index is 1.84. The zero-order chi connectivity index (χ0) is 16.2. The second-order valence-corrected chi connectivity index (χ2v) is 7.34. The van der Waals surface area contributed by atoms with Crippen LogP contribution in [0.25, 0.3) is 0 Å². The number of likely N-dealkylation sites (tertiary alicyclic amines) is 1. The summed E-state index contributed by atoms with van der Waals surface area (Å²) in [6, 6.07) is 6.71. The van der Waals surface area contributed by atoms with Gasteiger partial charge in [0.2, 0.25) is 0 Å². The average Bonchev–Trinajstić information content (AvgIpc) is 2.95. The molecule has 5 rings (SSSR count). The van der Waals surface area contributed by atoms with Crippen molar-refractivity contribution in [1.29, 1.82) is 0 Å². The van der Waals surface area contributed by atoms with Gasteiger partial charge < -0.3 is 14.4 Å². The number of Topliss-reactive ketones (excluding diaryl/α,β-unsaturated/α-hetero) is 1. The summed E-state index contributed by atoms with van der Waals surface area (Å²) in [6.07, 6.45) is 4.13. The molecular formula is C19H25NO3. The third-order valence-electron chi connectivity index (χ3n) is 6.60. The molecule has 4 atom stereocenters. The van der Waals surface area contributed by atoms with E-state index < -0.39 is 0 Å². The summed E-state index contributed by atoms with van der Waals surface area (Å²) < 4.78 is 10.9. The fraction of sp³-hybridized carbons (Fsp3) is 0.632. The van der Waals surface area contributed by atoms with Crippen molar-refractivity contribution in [3.8, 4) is 11.5 Å². The van der Waals surface area contributed by atoms with Gasteiger partial charge in [0.15, 0.2) is 11.5 Å². The third kappa shape index (κ3) is 1.90. The number of ether oxygens (including phenoxy) is 2. The minimum atomic E-state index is 0.102.